The highest BCUT2D eigenvalue weighted by Crippen LogP contribution is 2.38. The Morgan fingerprint density at radius 1 is 1.11 bits per heavy atom. The minimum atomic E-state index is -1.06. The summed E-state index contributed by atoms with van der Waals surface area (Å²) in [5.41, 5.74) is 0. The maximum absolute atomic E-state index is 11.6. The van der Waals surface area contributed by atoms with Gasteiger partial charge >= 0.3 is 11.9 Å². The highest BCUT2D eigenvalue weighted by Gasteiger charge is 2.54. The van der Waals surface area contributed by atoms with E-state index in [0.717, 1.165) is 6.42 Å². The summed E-state index contributed by atoms with van der Waals surface area (Å²) in [6, 6.07) is 0. The van der Waals surface area contributed by atoms with Gasteiger partial charge in [0.2, 0.25) is 0 Å². The molecule has 0 N–H and O–H groups in total. The van der Waals surface area contributed by atoms with Gasteiger partial charge in [-0.05, 0) is 6.42 Å². The number of carbonyl (C=O) groups is 2. The second-order valence-electron chi connectivity index (χ2n) is 4.25. The van der Waals surface area contributed by atoms with Gasteiger partial charge in [-0.2, -0.15) is 0 Å². The van der Waals surface area contributed by atoms with Gasteiger partial charge in [0, 0.05) is 12.8 Å². The normalized spacial score (nSPS) is 29.2. The Morgan fingerprint density at radius 3 is 2.06 bits per heavy atom. The zero-order valence-electron chi connectivity index (χ0n) is 10.4. The summed E-state index contributed by atoms with van der Waals surface area (Å²) >= 11 is 0. The molecular formula is C12H16O6. The van der Waals surface area contributed by atoms with Crippen LogP contribution in [0.5, 0.6) is 0 Å². The molecule has 0 saturated carbocycles. The molecule has 1 aliphatic heterocycles. The van der Waals surface area contributed by atoms with E-state index in [0.29, 0.717) is 12.8 Å². The fourth-order valence-electron chi connectivity index (χ4n) is 2.19. The molecular weight excluding hydrogens is 240 g/mol. The maximum Gasteiger partial charge on any atom is 0.338 e. The summed E-state index contributed by atoms with van der Waals surface area (Å²) in [7, 11) is 2.48. The van der Waals surface area contributed by atoms with E-state index >= 15 is 0 Å². The average Bonchev–Trinajstić information content (AvgIpc) is 2.77. The van der Waals surface area contributed by atoms with E-state index < -0.39 is 29.9 Å². The zero-order valence-corrected chi connectivity index (χ0v) is 10.4. The van der Waals surface area contributed by atoms with Crippen molar-refractivity contribution in [2.24, 2.45) is 0 Å². The van der Waals surface area contributed by atoms with Crippen molar-refractivity contribution in [3.63, 3.8) is 0 Å². The molecule has 0 aromatic rings. The van der Waals surface area contributed by atoms with Gasteiger partial charge in [-0.25, -0.2) is 9.59 Å². The first kappa shape index (κ1) is 13.0. The van der Waals surface area contributed by atoms with Gasteiger partial charge < -0.3 is 18.9 Å². The van der Waals surface area contributed by atoms with Crippen molar-refractivity contribution >= 4 is 11.9 Å². The molecule has 18 heavy (non-hydrogen) atoms. The topological polar surface area (TPSA) is 71.1 Å². The second kappa shape index (κ2) is 5.07. The van der Waals surface area contributed by atoms with Gasteiger partial charge in [-0.3, -0.25) is 0 Å². The van der Waals surface area contributed by atoms with Crippen LogP contribution in [0.1, 0.15) is 19.3 Å². The van der Waals surface area contributed by atoms with Crippen molar-refractivity contribution in [3.8, 4) is 0 Å². The predicted octanol–water partition coefficient (Wildman–Crippen LogP) is 0.553. The number of methoxy groups -OCH3 is 2. The molecule has 6 nitrogen and oxygen atoms in total. The molecule has 2 aliphatic rings. The van der Waals surface area contributed by atoms with Gasteiger partial charge in [0.1, 0.15) is 0 Å². The van der Waals surface area contributed by atoms with Crippen molar-refractivity contribution in [1.29, 1.82) is 0 Å². The lowest BCUT2D eigenvalue weighted by Gasteiger charge is -2.28. The maximum atomic E-state index is 11.6. The molecule has 1 fully saturated rings. The first-order valence-corrected chi connectivity index (χ1v) is 5.78. The van der Waals surface area contributed by atoms with Gasteiger partial charge in [0.25, 0.3) is 0 Å². The molecule has 2 atom stereocenters. The van der Waals surface area contributed by atoms with Crippen molar-refractivity contribution in [3.05, 3.63) is 12.2 Å². The number of ether oxygens (including phenoxy) is 4. The van der Waals surface area contributed by atoms with Crippen LogP contribution >= 0.6 is 0 Å². The quantitative estimate of drug-likeness (QED) is 0.531. The Kier molecular flexibility index (Phi) is 3.68. The zero-order chi connectivity index (χ0) is 13.2. The summed E-state index contributed by atoms with van der Waals surface area (Å²) in [5.74, 6) is -2.17. The molecule has 2 rings (SSSR count). The molecule has 6 heteroatoms. The summed E-state index contributed by atoms with van der Waals surface area (Å²) in [6.45, 7) is 0. The van der Waals surface area contributed by atoms with Gasteiger partial charge in [-0.15, -0.1) is 0 Å². The van der Waals surface area contributed by atoms with Crippen LogP contribution in [0.3, 0.4) is 0 Å². The van der Waals surface area contributed by atoms with Crippen LogP contribution in [-0.2, 0) is 28.5 Å². The minimum Gasteiger partial charge on any atom is -0.467 e. The smallest absolute Gasteiger partial charge is 0.338 e. The molecule has 1 spiro atoms. The van der Waals surface area contributed by atoms with Crippen LogP contribution in [0.4, 0.5) is 0 Å². The van der Waals surface area contributed by atoms with E-state index in [-0.39, 0.29) is 0 Å². The van der Waals surface area contributed by atoms with Gasteiger partial charge in [-0.1, -0.05) is 12.2 Å². The third-order valence-electron chi connectivity index (χ3n) is 3.11. The van der Waals surface area contributed by atoms with Crippen LogP contribution in [-0.4, -0.2) is 44.2 Å². The Bertz CT molecular complexity index is 351. The number of allylic oxidation sites excluding steroid dienone is 1. The minimum absolute atomic E-state index is 0.508. The van der Waals surface area contributed by atoms with E-state index in [9.17, 15) is 9.59 Å². The Morgan fingerprint density at radius 2 is 1.67 bits per heavy atom. The monoisotopic (exact) mass is 256 g/mol. The summed E-state index contributed by atoms with van der Waals surface area (Å²) in [6.07, 6.45) is 3.69. The lowest BCUT2D eigenvalue weighted by molar-refractivity contribution is -0.191. The number of carbonyl (C=O) groups excluding carboxylic acids is 2. The third kappa shape index (κ3) is 2.26. The highest BCUT2D eigenvalue weighted by atomic mass is 16.8. The van der Waals surface area contributed by atoms with E-state index in [1.165, 1.54) is 14.2 Å². The SMILES string of the molecule is COC(=O)[C@H]1OC2(CC=CCC2)O[C@@H]1C(=O)OC. The third-order valence-corrected chi connectivity index (χ3v) is 3.11. The van der Waals surface area contributed by atoms with Crippen molar-refractivity contribution in [2.75, 3.05) is 14.2 Å². The number of rotatable bonds is 2. The molecule has 100 valence electrons. The van der Waals surface area contributed by atoms with Crippen LogP contribution in [0.15, 0.2) is 12.2 Å². The Hall–Kier alpha value is -1.40. The lowest BCUT2D eigenvalue weighted by Crippen LogP contribution is -2.38. The molecule has 1 heterocycles. The van der Waals surface area contributed by atoms with Crippen molar-refractivity contribution < 1.29 is 28.5 Å². The molecule has 0 unspecified atom stereocenters. The van der Waals surface area contributed by atoms with Crippen LogP contribution in [0, 0.1) is 0 Å². The highest BCUT2D eigenvalue weighted by molar-refractivity contribution is 5.86. The van der Waals surface area contributed by atoms with E-state index in [2.05, 4.69) is 9.47 Å². The molecule has 0 aromatic heterocycles. The second-order valence-corrected chi connectivity index (χ2v) is 4.25. The van der Waals surface area contributed by atoms with Crippen LogP contribution in [0.2, 0.25) is 0 Å². The van der Waals surface area contributed by atoms with Crippen molar-refractivity contribution in [1.82, 2.24) is 0 Å². The molecule has 0 radical (unpaired) electrons. The fraction of sp³-hybridized carbons (Fsp3) is 0.667. The fourth-order valence-corrected chi connectivity index (χ4v) is 2.19. The largest absolute Gasteiger partial charge is 0.467 e. The molecule has 0 bridgehead atoms. The molecule has 0 aromatic carbocycles. The van der Waals surface area contributed by atoms with Gasteiger partial charge in [0.05, 0.1) is 14.2 Å². The van der Waals surface area contributed by atoms with E-state index in [1.54, 1.807) is 0 Å². The first-order chi connectivity index (χ1) is 8.62. The standard InChI is InChI=1S/C12H16O6/c1-15-10(13)8-9(11(14)16-2)18-12(17-8)6-4-3-5-7-12/h3-4,8-9H,5-7H2,1-2H3/t8-,9-/m0/s1. The Labute approximate surface area is 105 Å². The first-order valence-electron chi connectivity index (χ1n) is 5.78. The number of esters is 2. The lowest BCUT2D eigenvalue weighted by atomic mass is 10.0. The molecule has 0 amide bonds. The summed E-state index contributed by atoms with van der Waals surface area (Å²) in [4.78, 5) is 23.2. The predicted molar refractivity (Wildman–Crippen MR) is 59.5 cm³/mol. The number of hydrogen-bond donors (Lipinski definition) is 0. The average molecular weight is 256 g/mol. The van der Waals surface area contributed by atoms with Crippen LogP contribution in [0.25, 0.3) is 0 Å². The summed E-state index contributed by atoms with van der Waals surface area (Å²) in [5, 5.41) is 0. The van der Waals surface area contributed by atoms with Crippen molar-refractivity contribution in [2.45, 2.75) is 37.3 Å². The summed E-state index contributed by atoms with van der Waals surface area (Å²) < 4.78 is 20.5. The van der Waals surface area contributed by atoms with Crippen LogP contribution < -0.4 is 0 Å². The van der Waals surface area contributed by atoms with E-state index in [4.69, 9.17) is 9.47 Å². The molecule has 1 aliphatic carbocycles. The van der Waals surface area contributed by atoms with Gasteiger partial charge in [0.15, 0.2) is 18.0 Å². The Balaban J connectivity index is 2.19. The molecule has 1 saturated heterocycles. The number of hydrogen-bond acceptors (Lipinski definition) is 6. The van der Waals surface area contributed by atoms with E-state index in [1.807, 2.05) is 12.2 Å².